The monoisotopic (exact) mass is 412 g/mol. The third-order valence-electron chi connectivity index (χ3n) is 5.70. The van der Waals surface area contributed by atoms with Crippen LogP contribution < -0.4 is 9.47 Å². The highest BCUT2D eigenvalue weighted by Crippen LogP contribution is 2.34. The fourth-order valence-electron chi connectivity index (χ4n) is 3.96. The van der Waals surface area contributed by atoms with E-state index in [4.69, 9.17) is 18.9 Å². The van der Waals surface area contributed by atoms with Crippen molar-refractivity contribution in [3.8, 4) is 11.5 Å². The lowest BCUT2D eigenvalue weighted by molar-refractivity contribution is -0.133. The molecule has 4 atom stereocenters. The molecule has 5 heteroatoms. The van der Waals surface area contributed by atoms with E-state index < -0.39 is 6.10 Å². The van der Waals surface area contributed by atoms with Crippen LogP contribution in [0.4, 0.5) is 0 Å². The van der Waals surface area contributed by atoms with Crippen LogP contribution in [-0.4, -0.2) is 37.6 Å². The largest absolute Gasteiger partial charge is 0.497 e. The van der Waals surface area contributed by atoms with Crippen molar-refractivity contribution >= 4 is 0 Å². The first-order chi connectivity index (χ1) is 14.5. The standard InChI is InChI=1S/C25H32O5/c1-17(2)24-22(29-15-18-5-9-20(27-3)10-6-18)13-14-23(25(24)26)30-16-19-7-11-21(28-4)12-8-19/h5-12,22-26H,1,13-16H2,2-4H3/t22-,23+,24+,25+/m0/s1. The van der Waals surface area contributed by atoms with Crippen LogP contribution in [0.25, 0.3) is 0 Å². The zero-order chi connectivity index (χ0) is 21.5. The van der Waals surface area contributed by atoms with Crippen LogP contribution in [-0.2, 0) is 22.7 Å². The number of aliphatic hydroxyl groups is 1. The summed E-state index contributed by atoms with van der Waals surface area (Å²) in [4.78, 5) is 0. The molecule has 0 spiro atoms. The lowest BCUT2D eigenvalue weighted by atomic mass is 9.78. The molecular formula is C25H32O5. The van der Waals surface area contributed by atoms with Gasteiger partial charge in [-0.05, 0) is 55.2 Å². The van der Waals surface area contributed by atoms with E-state index in [1.165, 1.54) is 0 Å². The van der Waals surface area contributed by atoms with E-state index in [1.807, 2.05) is 55.5 Å². The topological polar surface area (TPSA) is 57.2 Å². The van der Waals surface area contributed by atoms with E-state index in [2.05, 4.69) is 6.58 Å². The van der Waals surface area contributed by atoms with E-state index in [-0.39, 0.29) is 18.1 Å². The van der Waals surface area contributed by atoms with Crippen molar-refractivity contribution in [1.82, 2.24) is 0 Å². The Bertz CT molecular complexity index is 799. The second-order valence-electron chi connectivity index (χ2n) is 7.84. The van der Waals surface area contributed by atoms with Gasteiger partial charge in [-0.1, -0.05) is 36.4 Å². The average Bonchev–Trinajstić information content (AvgIpc) is 2.77. The van der Waals surface area contributed by atoms with Gasteiger partial charge in [0, 0.05) is 5.92 Å². The highest BCUT2D eigenvalue weighted by Gasteiger charge is 2.40. The van der Waals surface area contributed by atoms with Gasteiger partial charge in [0.25, 0.3) is 0 Å². The summed E-state index contributed by atoms with van der Waals surface area (Å²) < 4.78 is 22.7. The molecule has 2 aromatic carbocycles. The van der Waals surface area contributed by atoms with Crippen LogP contribution in [0, 0.1) is 5.92 Å². The quantitative estimate of drug-likeness (QED) is 0.614. The third kappa shape index (κ3) is 5.63. The summed E-state index contributed by atoms with van der Waals surface area (Å²) in [7, 11) is 3.30. The van der Waals surface area contributed by atoms with Gasteiger partial charge in [0.2, 0.25) is 0 Å². The van der Waals surface area contributed by atoms with Crippen molar-refractivity contribution in [3.05, 3.63) is 71.8 Å². The molecule has 1 fully saturated rings. The summed E-state index contributed by atoms with van der Waals surface area (Å²) in [5.41, 5.74) is 3.04. The maximum absolute atomic E-state index is 11.0. The highest BCUT2D eigenvalue weighted by molar-refractivity contribution is 5.27. The fraction of sp³-hybridized carbons (Fsp3) is 0.440. The highest BCUT2D eigenvalue weighted by atomic mass is 16.5. The first kappa shape index (κ1) is 22.3. The van der Waals surface area contributed by atoms with Gasteiger partial charge in [-0.3, -0.25) is 0 Å². The first-order valence-corrected chi connectivity index (χ1v) is 10.3. The molecule has 3 rings (SSSR count). The minimum atomic E-state index is -0.643. The molecular weight excluding hydrogens is 380 g/mol. The van der Waals surface area contributed by atoms with Crippen molar-refractivity contribution in [3.63, 3.8) is 0 Å². The van der Waals surface area contributed by atoms with Gasteiger partial charge in [-0.15, -0.1) is 0 Å². The van der Waals surface area contributed by atoms with Crippen LogP contribution >= 0.6 is 0 Å². The first-order valence-electron chi connectivity index (χ1n) is 10.3. The predicted octanol–water partition coefficient (Wildman–Crippen LogP) is 4.52. The van der Waals surface area contributed by atoms with Gasteiger partial charge in [0.05, 0.1) is 45.7 Å². The second-order valence-corrected chi connectivity index (χ2v) is 7.84. The zero-order valence-corrected chi connectivity index (χ0v) is 18.0. The van der Waals surface area contributed by atoms with Crippen molar-refractivity contribution < 1.29 is 24.1 Å². The Hall–Kier alpha value is -2.34. The minimum Gasteiger partial charge on any atom is -0.497 e. The fourth-order valence-corrected chi connectivity index (χ4v) is 3.96. The second kappa shape index (κ2) is 10.6. The molecule has 0 aliphatic heterocycles. The van der Waals surface area contributed by atoms with E-state index in [0.717, 1.165) is 41.0 Å². The molecule has 0 unspecified atom stereocenters. The molecule has 1 N–H and O–H groups in total. The van der Waals surface area contributed by atoms with E-state index >= 15 is 0 Å². The van der Waals surface area contributed by atoms with Gasteiger partial charge in [0.15, 0.2) is 0 Å². The summed E-state index contributed by atoms with van der Waals surface area (Å²) in [6, 6.07) is 15.6. The van der Waals surface area contributed by atoms with Gasteiger partial charge in [0.1, 0.15) is 11.5 Å². The van der Waals surface area contributed by atoms with Crippen molar-refractivity contribution in [2.75, 3.05) is 14.2 Å². The van der Waals surface area contributed by atoms with Crippen molar-refractivity contribution in [2.45, 2.75) is 51.3 Å². The SMILES string of the molecule is C=C(C)[C@H]1[C@H](O)[C@H](OCc2ccc(OC)cc2)CC[C@@H]1OCc1ccc(OC)cc1. The molecule has 0 saturated heterocycles. The Morgan fingerprint density at radius 2 is 1.27 bits per heavy atom. The number of hydrogen-bond donors (Lipinski definition) is 1. The Kier molecular flexibility index (Phi) is 7.91. The van der Waals surface area contributed by atoms with E-state index in [0.29, 0.717) is 13.2 Å². The van der Waals surface area contributed by atoms with E-state index in [1.54, 1.807) is 14.2 Å². The molecule has 0 aromatic heterocycles. The lowest BCUT2D eigenvalue weighted by Gasteiger charge is -2.40. The summed E-state index contributed by atoms with van der Waals surface area (Å²) in [6.07, 6.45) is 0.595. The van der Waals surface area contributed by atoms with Gasteiger partial charge in [-0.25, -0.2) is 0 Å². The molecule has 30 heavy (non-hydrogen) atoms. The van der Waals surface area contributed by atoms with Crippen LogP contribution in [0.3, 0.4) is 0 Å². The number of ether oxygens (including phenoxy) is 4. The van der Waals surface area contributed by atoms with Crippen LogP contribution in [0.15, 0.2) is 60.7 Å². The molecule has 1 saturated carbocycles. The molecule has 1 aliphatic carbocycles. The molecule has 0 bridgehead atoms. The normalized spacial score (nSPS) is 23.7. The maximum Gasteiger partial charge on any atom is 0.118 e. The number of rotatable bonds is 9. The summed E-state index contributed by atoms with van der Waals surface area (Å²) in [5, 5.41) is 11.0. The summed E-state index contributed by atoms with van der Waals surface area (Å²) in [6.45, 7) is 6.99. The average molecular weight is 413 g/mol. The smallest absolute Gasteiger partial charge is 0.118 e. The molecule has 0 heterocycles. The molecule has 5 nitrogen and oxygen atoms in total. The Balaban J connectivity index is 1.57. The summed E-state index contributed by atoms with van der Waals surface area (Å²) in [5.74, 6) is 1.48. The van der Waals surface area contributed by atoms with E-state index in [9.17, 15) is 5.11 Å². The zero-order valence-electron chi connectivity index (χ0n) is 18.0. The number of benzene rings is 2. The Morgan fingerprint density at radius 1 is 0.833 bits per heavy atom. The lowest BCUT2D eigenvalue weighted by Crippen LogP contribution is -2.47. The summed E-state index contributed by atoms with van der Waals surface area (Å²) >= 11 is 0. The maximum atomic E-state index is 11.0. The molecule has 0 radical (unpaired) electrons. The number of hydrogen-bond acceptors (Lipinski definition) is 5. The molecule has 2 aromatic rings. The minimum absolute atomic E-state index is 0.0829. The van der Waals surface area contributed by atoms with Gasteiger partial charge < -0.3 is 24.1 Å². The predicted molar refractivity (Wildman–Crippen MR) is 117 cm³/mol. The third-order valence-corrected chi connectivity index (χ3v) is 5.70. The van der Waals surface area contributed by atoms with Gasteiger partial charge in [-0.2, -0.15) is 0 Å². The van der Waals surface area contributed by atoms with Crippen LogP contribution in [0.1, 0.15) is 30.9 Å². The van der Waals surface area contributed by atoms with Crippen molar-refractivity contribution in [1.29, 1.82) is 0 Å². The molecule has 0 amide bonds. The van der Waals surface area contributed by atoms with Crippen LogP contribution in [0.2, 0.25) is 0 Å². The van der Waals surface area contributed by atoms with Gasteiger partial charge >= 0.3 is 0 Å². The number of aliphatic hydroxyl groups excluding tert-OH is 1. The van der Waals surface area contributed by atoms with Crippen LogP contribution in [0.5, 0.6) is 11.5 Å². The van der Waals surface area contributed by atoms with Crippen molar-refractivity contribution in [2.24, 2.45) is 5.92 Å². The Labute approximate surface area is 179 Å². The number of methoxy groups -OCH3 is 2. The molecule has 162 valence electrons. The molecule has 1 aliphatic rings. The Morgan fingerprint density at radius 3 is 1.70 bits per heavy atom.